The lowest BCUT2D eigenvalue weighted by Crippen LogP contribution is -2.51. The smallest absolute Gasteiger partial charge is 0.342 e. The molecule has 0 amide bonds. The molecule has 0 aliphatic rings. The number of nitrogens with zero attached hydrogens (tertiary/aromatic N) is 2. The molecule has 2 unspecified atom stereocenters. The first kappa shape index (κ1) is 41.0. The van der Waals surface area contributed by atoms with E-state index in [9.17, 15) is 0 Å². The van der Waals surface area contributed by atoms with Crippen molar-refractivity contribution in [2.75, 3.05) is 14.2 Å². The third kappa shape index (κ3) is 9.20. The Bertz CT molecular complexity index is 2410. The first-order valence-electron chi connectivity index (χ1n) is 20.1. The van der Waals surface area contributed by atoms with E-state index >= 15 is 0 Å². The maximum absolute atomic E-state index is 8.15. The normalized spacial score (nSPS) is 13.0. The van der Waals surface area contributed by atoms with Gasteiger partial charge < -0.3 is 23.5 Å². The number of pyridine rings is 2. The molecule has 2 radical (unpaired) electrons. The molecule has 0 N–H and O–H groups in total. The number of rotatable bonds is 18. The zero-order valence-corrected chi connectivity index (χ0v) is 34.1. The molecule has 8 rings (SSSR count). The first-order valence-corrected chi connectivity index (χ1v) is 20.1. The van der Waals surface area contributed by atoms with E-state index in [1.54, 1.807) is 41.6 Å². The van der Waals surface area contributed by atoms with E-state index < -0.39 is 11.0 Å². The topological polar surface area (TPSA) is 71.9 Å². The van der Waals surface area contributed by atoms with Gasteiger partial charge in [-0.2, -0.15) is 0 Å². The van der Waals surface area contributed by atoms with Crippen LogP contribution in [0.1, 0.15) is 33.6 Å². The summed E-state index contributed by atoms with van der Waals surface area (Å²) in [6, 6.07) is 64.1. The second kappa shape index (κ2) is 19.5. The molecule has 6 aromatic carbocycles. The van der Waals surface area contributed by atoms with Crippen molar-refractivity contribution in [2.24, 2.45) is 0 Å². The Balaban J connectivity index is 1.44. The minimum absolute atomic E-state index is 0.262. The van der Waals surface area contributed by atoms with Crippen LogP contribution in [0, 0.1) is 0 Å². The minimum Gasteiger partial charge on any atom is -0.497 e. The number of benzene rings is 6. The zero-order valence-electron chi connectivity index (χ0n) is 34.1. The van der Waals surface area contributed by atoms with Crippen LogP contribution < -0.4 is 9.47 Å². The molecular weight excluding hydrogens is 754 g/mol. The van der Waals surface area contributed by atoms with Gasteiger partial charge in [-0.3, -0.25) is 9.97 Å². The second-order valence-electron chi connectivity index (χ2n) is 14.4. The van der Waals surface area contributed by atoms with Crippen LogP contribution in [0.4, 0.5) is 0 Å². The lowest BCUT2D eigenvalue weighted by atomic mass is 9.60. The van der Waals surface area contributed by atoms with E-state index in [1.807, 2.05) is 170 Å². The molecule has 0 fully saturated rings. The van der Waals surface area contributed by atoms with Crippen LogP contribution in [0.25, 0.3) is 22.3 Å². The summed E-state index contributed by atoms with van der Waals surface area (Å²) in [5, 5.41) is 0. The van der Waals surface area contributed by atoms with Gasteiger partial charge in [0.1, 0.15) is 22.5 Å². The molecular formula is C52H44B2N2O5. The van der Waals surface area contributed by atoms with Gasteiger partial charge in [-0.15, -0.1) is 0 Å². The molecule has 298 valence electrons. The van der Waals surface area contributed by atoms with Gasteiger partial charge in [0.15, 0.2) is 0 Å². The molecule has 61 heavy (non-hydrogen) atoms. The molecule has 2 aromatic heterocycles. The Hall–Kier alpha value is -6.77. The van der Waals surface area contributed by atoms with Crippen molar-refractivity contribution < 1.29 is 23.5 Å². The molecule has 0 saturated heterocycles. The number of hydrogen-bond acceptors (Lipinski definition) is 7. The summed E-state index contributed by atoms with van der Waals surface area (Å²) in [5.74, 6) is 1.36. The van der Waals surface area contributed by atoms with Gasteiger partial charge in [0.25, 0.3) is 0 Å². The van der Waals surface area contributed by atoms with E-state index in [0.717, 1.165) is 44.5 Å². The summed E-state index contributed by atoms with van der Waals surface area (Å²) in [4.78, 5) is 10.2. The van der Waals surface area contributed by atoms with E-state index in [-0.39, 0.29) is 13.2 Å². The minimum atomic E-state index is -1.56. The highest BCUT2D eigenvalue weighted by Crippen LogP contribution is 2.49. The van der Waals surface area contributed by atoms with Gasteiger partial charge in [-0.25, -0.2) is 0 Å². The van der Waals surface area contributed by atoms with Gasteiger partial charge in [0.2, 0.25) is 0 Å². The standard InChI is InChI=1S/C52H44B2N2O5/c1-57-43-29-31-47(45(35-43)41-23-11-5-12-24-41)51(49-27-15-17-33-55-49,53-59-37-39-19-7-3-8-20-39)61-52(50-28-16-18-34-56-50,54-60-38-40-21-9-4-10-22-40)48-32-30-44(58-2)36-46(48)42-25-13-6-14-26-42/h3-36H,37-38H2,1-2H3. The monoisotopic (exact) mass is 798 g/mol. The molecule has 0 bridgehead atoms. The lowest BCUT2D eigenvalue weighted by Gasteiger charge is -2.44. The van der Waals surface area contributed by atoms with E-state index in [1.165, 1.54) is 0 Å². The maximum atomic E-state index is 8.15. The summed E-state index contributed by atoms with van der Waals surface area (Å²) < 4.78 is 33.4. The predicted octanol–water partition coefficient (Wildman–Crippen LogP) is 10.6. The Morgan fingerprint density at radius 1 is 0.426 bits per heavy atom. The SMILES string of the molecule is COc1ccc(C([B]OCc2ccccc2)(OC([B]OCc2ccccc2)(c2ccccn2)c2ccc(OC)cc2-c2ccccc2)c2ccccn2)c(-c2ccccc2)c1. The van der Waals surface area contributed by atoms with Crippen LogP contribution in [0.2, 0.25) is 0 Å². The number of aromatic nitrogens is 2. The molecule has 0 spiro atoms. The predicted molar refractivity (Wildman–Crippen MR) is 242 cm³/mol. The van der Waals surface area contributed by atoms with Crippen LogP contribution >= 0.6 is 0 Å². The lowest BCUT2D eigenvalue weighted by molar-refractivity contribution is -0.0538. The zero-order chi connectivity index (χ0) is 41.7. The maximum Gasteiger partial charge on any atom is 0.342 e. The van der Waals surface area contributed by atoms with Crippen molar-refractivity contribution in [3.63, 3.8) is 0 Å². The molecule has 0 aliphatic carbocycles. The van der Waals surface area contributed by atoms with E-state index in [0.29, 0.717) is 22.9 Å². The Morgan fingerprint density at radius 3 is 1.16 bits per heavy atom. The third-order valence-electron chi connectivity index (χ3n) is 10.5. The molecule has 2 atom stereocenters. The van der Waals surface area contributed by atoms with Gasteiger partial charge in [-0.1, -0.05) is 146 Å². The number of methoxy groups -OCH3 is 2. The third-order valence-corrected chi connectivity index (χ3v) is 10.5. The average molecular weight is 799 g/mol. The summed E-state index contributed by atoms with van der Waals surface area (Å²) in [6.45, 7) is 0.524. The van der Waals surface area contributed by atoms with Gasteiger partial charge in [0.05, 0.1) is 38.8 Å². The number of hydrogen-bond donors (Lipinski definition) is 0. The molecule has 2 heterocycles. The van der Waals surface area contributed by atoms with Crippen molar-refractivity contribution in [2.45, 2.75) is 24.2 Å². The second-order valence-corrected chi connectivity index (χ2v) is 14.4. The van der Waals surface area contributed by atoms with Crippen molar-refractivity contribution >= 4 is 15.0 Å². The fourth-order valence-corrected chi connectivity index (χ4v) is 7.53. The Labute approximate surface area is 359 Å². The first-order chi connectivity index (χ1) is 30.1. The largest absolute Gasteiger partial charge is 0.497 e. The summed E-state index contributed by atoms with van der Waals surface area (Å²) in [6.07, 6.45) is 3.54. The van der Waals surface area contributed by atoms with Crippen molar-refractivity contribution in [1.82, 2.24) is 9.97 Å². The van der Waals surface area contributed by atoms with Gasteiger partial charge >= 0.3 is 15.0 Å². The van der Waals surface area contributed by atoms with E-state index in [2.05, 4.69) is 24.3 Å². The van der Waals surface area contributed by atoms with Crippen molar-refractivity contribution in [3.05, 3.63) is 240 Å². The van der Waals surface area contributed by atoms with E-state index in [4.69, 9.17) is 33.5 Å². The summed E-state index contributed by atoms with van der Waals surface area (Å²) in [5.41, 5.74) is 5.06. The molecule has 9 heteroatoms. The van der Waals surface area contributed by atoms with Crippen LogP contribution in [0.15, 0.2) is 207 Å². The van der Waals surface area contributed by atoms with Gasteiger partial charge in [-0.05, 0) is 93.0 Å². The van der Waals surface area contributed by atoms with Crippen LogP contribution in [0.5, 0.6) is 11.5 Å². The summed E-state index contributed by atoms with van der Waals surface area (Å²) in [7, 11) is 6.87. The Kier molecular flexibility index (Phi) is 13.1. The fraction of sp³-hybridized carbons (Fsp3) is 0.115. The fourth-order valence-electron chi connectivity index (χ4n) is 7.53. The van der Waals surface area contributed by atoms with Crippen LogP contribution in [0.3, 0.4) is 0 Å². The molecule has 0 aliphatic heterocycles. The van der Waals surface area contributed by atoms with Crippen molar-refractivity contribution in [1.29, 1.82) is 0 Å². The highest BCUT2D eigenvalue weighted by molar-refractivity contribution is 6.36. The quantitative estimate of drug-likeness (QED) is 0.0801. The van der Waals surface area contributed by atoms with Gasteiger partial charge in [0, 0.05) is 12.4 Å². The van der Waals surface area contributed by atoms with Crippen molar-refractivity contribution in [3.8, 4) is 33.8 Å². The number of ether oxygens (including phenoxy) is 3. The molecule has 8 aromatic rings. The van der Waals surface area contributed by atoms with Crippen LogP contribution in [-0.2, 0) is 38.3 Å². The highest BCUT2D eigenvalue weighted by atomic mass is 16.6. The Morgan fingerprint density at radius 2 is 0.803 bits per heavy atom. The summed E-state index contributed by atoms with van der Waals surface area (Å²) >= 11 is 0. The molecule has 7 nitrogen and oxygen atoms in total. The highest BCUT2D eigenvalue weighted by Gasteiger charge is 2.52. The molecule has 0 saturated carbocycles. The van der Waals surface area contributed by atoms with Crippen LogP contribution in [-0.4, -0.2) is 39.2 Å². The average Bonchev–Trinajstić information content (AvgIpc) is 3.34.